The molecule has 2 aromatic heterocycles. The number of aromatic nitrogens is 3. The maximum atomic E-state index is 11.5. The third-order valence-corrected chi connectivity index (χ3v) is 3.94. The number of carboxylic acid groups (broad SMARTS) is 1. The van der Waals surface area contributed by atoms with Gasteiger partial charge >= 0.3 is 5.97 Å². The second kappa shape index (κ2) is 7.09. The SMILES string of the molecule is CC1CC=C([N+](=O)[O-])C=C1Nc1ncc(C(=O)O)c(-c2cccnc2)n1. The highest BCUT2D eigenvalue weighted by molar-refractivity contribution is 5.94. The third kappa shape index (κ3) is 3.56. The van der Waals surface area contributed by atoms with Crippen LogP contribution < -0.4 is 5.32 Å². The van der Waals surface area contributed by atoms with Gasteiger partial charge in [-0.1, -0.05) is 6.92 Å². The van der Waals surface area contributed by atoms with Crippen LogP contribution in [0.25, 0.3) is 11.3 Å². The van der Waals surface area contributed by atoms with Crippen molar-refractivity contribution in [1.82, 2.24) is 15.0 Å². The first-order valence-electron chi connectivity index (χ1n) is 7.79. The minimum absolute atomic E-state index is 0.000221. The second-order valence-electron chi connectivity index (χ2n) is 5.75. The second-order valence-corrected chi connectivity index (χ2v) is 5.75. The van der Waals surface area contributed by atoms with Gasteiger partial charge in [-0.3, -0.25) is 15.1 Å². The van der Waals surface area contributed by atoms with E-state index in [0.717, 1.165) is 0 Å². The molecule has 2 aromatic rings. The van der Waals surface area contributed by atoms with Gasteiger partial charge in [0.15, 0.2) is 0 Å². The topological polar surface area (TPSA) is 131 Å². The Morgan fingerprint density at radius 3 is 2.88 bits per heavy atom. The van der Waals surface area contributed by atoms with E-state index in [0.29, 0.717) is 17.7 Å². The standard InChI is InChI=1S/C17H15N5O4/c1-10-4-5-12(22(25)26)7-14(10)20-17-19-9-13(16(23)24)15(21-17)11-3-2-6-18-8-11/h2-3,5-10H,4H2,1H3,(H,23,24)(H,19,20,21). The minimum atomic E-state index is -1.15. The van der Waals surface area contributed by atoms with E-state index in [1.165, 1.54) is 18.5 Å². The van der Waals surface area contributed by atoms with Gasteiger partial charge < -0.3 is 10.4 Å². The summed E-state index contributed by atoms with van der Waals surface area (Å²) in [6.45, 7) is 1.92. The molecule has 2 N–H and O–H groups in total. The van der Waals surface area contributed by atoms with Gasteiger partial charge in [0.25, 0.3) is 5.70 Å². The number of nitrogens with zero attached hydrogens (tertiary/aromatic N) is 4. The van der Waals surface area contributed by atoms with Gasteiger partial charge in [0, 0.05) is 41.8 Å². The van der Waals surface area contributed by atoms with Crippen molar-refractivity contribution in [3.63, 3.8) is 0 Å². The van der Waals surface area contributed by atoms with E-state index in [1.54, 1.807) is 24.4 Å². The molecule has 0 aromatic carbocycles. The monoisotopic (exact) mass is 353 g/mol. The quantitative estimate of drug-likeness (QED) is 0.619. The molecular weight excluding hydrogens is 338 g/mol. The fourth-order valence-corrected chi connectivity index (χ4v) is 2.52. The summed E-state index contributed by atoms with van der Waals surface area (Å²) in [5, 5.41) is 23.3. The van der Waals surface area contributed by atoms with Crippen LogP contribution in [0.2, 0.25) is 0 Å². The molecule has 0 fully saturated rings. The number of hydrogen-bond donors (Lipinski definition) is 2. The number of anilines is 1. The maximum Gasteiger partial charge on any atom is 0.339 e. The van der Waals surface area contributed by atoms with Crippen molar-refractivity contribution in [2.24, 2.45) is 5.92 Å². The van der Waals surface area contributed by atoms with E-state index < -0.39 is 10.9 Å². The number of allylic oxidation sites excluding steroid dienone is 3. The van der Waals surface area contributed by atoms with Crippen LogP contribution in [-0.4, -0.2) is 31.0 Å². The number of aromatic carboxylic acids is 1. The number of pyridine rings is 1. The number of nitro groups is 1. The smallest absolute Gasteiger partial charge is 0.339 e. The Morgan fingerprint density at radius 2 is 2.23 bits per heavy atom. The molecule has 1 atom stereocenters. The largest absolute Gasteiger partial charge is 0.478 e. The molecular formula is C17H15N5O4. The molecule has 0 radical (unpaired) electrons. The van der Waals surface area contributed by atoms with Gasteiger partial charge in [-0.25, -0.2) is 14.8 Å². The Morgan fingerprint density at radius 1 is 1.42 bits per heavy atom. The lowest BCUT2D eigenvalue weighted by molar-refractivity contribution is -0.419. The van der Waals surface area contributed by atoms with Crippen LogP contribution in [0.5, 0.6) is 0 Å². The lowest BCUT2D eigenvalue weighted by Gasteiger charge is -2.18. The highest BCUT2D eigenvalue weighted by Crippen LogP contribution is 2.26. The van der Waals surface area contributed by atoms with E-state index in [9.17, 15) is 20.0 Å². The van der Waals surface area contributed by atoms with Crippen LogP contribution in [0.1, 0.15) is 23.7 Å². The first-order chi connectivity index (χ1) is 12.5. The third-order valence-electron chi connectivity index (χ3n) is 3.94. The fraction of sp³-hybridized carbons (Fsp3) is 0.176. The fourth-order valence-electron chi connectivity index (χ4n) is 2.52. The first-order valence-corrected chi connectivity index (χ1v) is 7.79. The lowest BCUT2D eigenvalue weighted by atomic mass is 9.97. The number of carboxylic acids is 1. The Labute approximate surface area is 148 Å². The molecule has 26 heavy (non-hydrogen) atoms. The van der Waals surface area contributed by atoms with E-state index in [1.807, 2.05) is 6.92 Å². The number of nitrogens with one attached hydrogen (secondary N) is 1. The van der Waals surface area contributed by atoms with Gasteiger partial charge in [0.05, 0.1) is 10.6 Å². The van der Waals surface area contributed by atoms with Gasteiger partial charge in [-0.05, 0) is 24.6 Å². The van der Waals surface area contributed by atoms with Crippen LogP contribution in [0.4, 0.5) is 5.95 Å². The Balaban J connectivity index is 1.98. The minimum Gasteiger partial charge on any atom is -0.478 e. The first kappa shape index (κ1) is 17.2. The molecule has 2 heterocycles. The Bertz CT molecular complexity index is 924. The average Bonchev–Trinajstić information content (AvgIpc) is 2.64. The summed E-state index contributed by atoms with van der Waals surface area (Å²) in [5.41, 5.74) is 1.30. The molecule has 0 saturated carbocycles. The van der Waals surface area contributed by atoms with Crippen molar-refractivity contribution in [3.05, 3.63) is 69.9 Å². The molecule has 0 bridgehead atoms. The molecule has 0 amide bonds. The van der Waals surface area contributed by atoms with Crippen LogP contribution in [-0.2, 0) is 0 Å². The summed E-state index contributed by atoms with van der Waals surface area (Å²) >= 11 is 0. The molecule has 1 aliphatic rings. The van der Waals surface area contributed by atoms with Crippen molar-refractivity contribution < 1.29 is 14.8 Å². The summed E-state index contributed by atoms with van der Waals surface area (Å²) in [6, 6.07) is 3.37. The van der Waals surface area contributed by atoms with Crippen LogP contribution >= 0.6 is 0 Å². The molecule has 0 aliphatic heterocycles. The predicted molar refractivity (Wildman–Crippen MR) is 92.8 cm³/mol. The van der Waals surface area contributed by atoms with Gasteiger partial charge in [0.1, 0.15) is 5.56 Å². The summed E-state index contributed by atoms with van der Waals surface area (Å²) in [4.78, 5) is 34.3. The van der Waals surface area contributed by atoms with Gasteiger partial charge in [-0.15, -0.1) is 0 Å². The number of carbonyl (C=O) groups is 1. The van der Waals surface area contributed by atoms with Gasteiger partial charge in [0.2, 0.25) is 5.95 Å². The summed E-state index contributed by atoms with van der Waals surface area (Å²) in [5.74, 6) is -0.973. The van der Waals surface area contributed by atoms with E-state index >= 15 is 0 Å². The molecule has 3 rings (SSSR count). The highest BCUT2D eigenvalue weighted by Gasteiger charge is 2.21. The van der Waals surface area contributed by atoms with Gasteiger partial charge in [-0.2, -0.15) is 0 Å². The number of hydrogen-bond acceptors (Lipinski definition) is 7. The van der Waals surface area contributed by atoms with Crippen molar-refractivity contribution in [1.29, 1.82) is 0 Å². The van der Waals surface area contributed by atoms with Crippen LogP contribution in [0.3, 0.4) is 0 Å². The zero-order chi connectivity index (χ0) is 18.7. The summed E-state index contributed by atoms with van der Waals surface area (Å²) in [7, 11) is 0. The predicted octanol–water partition coefficient (Wildman–Crippen LogP) is 2.73. The molecule has 1 aliphatic carbocycles. The summed E-state index contributed by atoms with van der Waals surface area (Å²) in [6.07, 6.45) is 7.80. The number of rotatable bonds is 5. The Kier molecular flexibility index (Phi) is 4.70. The van der Waals surface area contributed by atoms with Crippen molar-refractivity contribution in [2.45, 2.75) is 13.3 Å². The van der Waals surface area contributed by atoms with E-state index in [2.05, 4.69) is 20.3 Å². The molecule has 1 unspecified atom stereocenters. The zero-order valence-corrected chi connectivity index (χ0v) is 13.8. The molecule has 9 nitrogen and oxygen atoms in total. The Hall–Kier alpha value is -3.62. The lowest BCUT2D eigenvalue weighted by Crippen LogP contribution is -2.16. The van der Waals surface area contributed by atoms with E-state index in [4.69, 9.17) is 0 Å². The van der Waals surface area contributed by atoms with Crippen molar-refractivity contribution in [2.75, 3.05) is 5.32 Å². The summed E-state index contributed by atoms with van der Waals surface area (Å²) < 4.78 is 0. The highest BCUT2D eigenvalue weighted by atomic mass is 16.6. The molecule has 132 valence electrons. The van der Waals surface area contributed by atoms with Crippen LogP contribution in [0, 0.1) is 16.0 Å². The zero-order valence-electron chi connectivity index (χ0n) is 13.8. The normalized spacial score (nSPS) is 16.4. The van der Waals surface area contributed by atoms with E-state index in [-0.39, 0.29) is 28.8 Å². The molecule has 0 saturated heterocycles. The maximum absolute atomic E-state index is 11.5. The van der Waals surface area contributed by atoms with Crippen LogP contribution in [0.15, 0.2) is 54.3 Å². The van der Waals surface area contributed by atoms with Crippen molar-refractivity contribution in [3.8, 4) is 11.3 Å². The van der Waals surface area contributed by atoms with Crippen molar-refractivity contribution >= 4 is 11.9 Å². The average molecular weight is 353 g/mol. The molecule has 9 heteroatoms. The molecule has 0 spiro atoms.